The first kappa shape index (κ1) is 153. The fraction of sp³-hybridized carbons (Fsp3) is 0.358. The molecule has 0 aliphatic heterocycles. The molecule has 124 heavy (non-hydrogen) atoms. The van der Waals surface area contributed by atoms with E-state index in [9.17, 15) is 38.4 Å². The number of hydrogen-bond acceptors (Lipinski definition) is 18. The minimum absolute atomic E-state index is 0. The summed E-state index contributed by atoms with van der Waals surface area (Å²) < 4.78 is 49.6. The third kappa shape index (κ3) is 60.4. The first-order chi connectivity index (χ1) is 50.7. The molecule has 0 spiro atoms. The molecule has 0 heterocycles. The van der Waals surface area contributed by atoms with Gasteiger partial charge in [-0.1, -0.05) is 249 Å². The zero-order valence-corrected chi connectivity index (χ0v) is 63.9. The highest BCUT2D eigenvalue weighted by Gasteiger charge is 2.07. The van der Waals surface area contributed by atoms with E-state index in [0.29, 0.717) is 57.7 Å². The molecular weight excluding hydrogens is 1560 g/mol. The van der Waals surface area contributed by atoms with Crippen LogP contribution in [0.4, 0.5) is 0 Å². The van der Waals surface area contributed by atoms with Crippen molar-refractivity contribution in [3.05, 3.63) is 287 Å². The van der Waals surface area contributed by atoms with Gasteiger partial charge in [0.05, 0.1) is 70.1 Å². The predicted molar refractivity (Wildman–Crippen MR) is 540 cm³/mol. The number of hydrogen-bond donors (Lipinski definition) is 0. The molecule has 0 saturated carbocycles. The minimum Gasteiger partial charge on any atom is -0.497 e. The number of Topliss-reactive ketones (excluding diaryl/α,β-unsaturated/α-hetero) is 8. The van der Waals surface area contributed by atoms with Gasteiger partial charge in [0.25, 0.3) is 0 Å². The molecule has 0 amide bonds. The highest BCUT2D eigenvalue weighted by Crippen LogP contribution is 2.26. The third-order valence-corrected chi connectivity index (χ3v) is 14.9. The number of methoxy groups -OCH3 is 10. The maximum Gasteiger partial charge on any atom is 0.159 e. The topological polar surface area (TPSA) is 229 Å². The normalized spacial score (nSPS) is 8.11. The van der Waals surface area contributed by atoms with E-state index in [1.807, 2.05) is 121 Å². The van der Waals surface area contributed by atoms with E-state index in [4.69, 9.17) is 37.9 Å². The van der Waals surface area contributed by atoms with Crippen molar-refractivity contribution in [2.75, 3.05) is 84.3 Å². The van der Waals surface area contributed by atoms with Crippen LogP contribution >= 0.6 is 0 Å². The van der Waals surface area contributed by atoms with Crippen LogP contribution in [0.3, 0.4) is 0 Å². The van der Waals surface area contributed by atoms with Crippen LogP contribution in [0.5, 0.6) is 46.0 Å². The van der Waals surface area contributed by atoms with Gasteiger partial charge in [-0.05, 0) is 205 Å². The number of ketones is 8. The summed E-state index contributed by atoms with van der Waals surface area (Å²) in [5.41, 5.74) is 9.83. The molecule has 0 aliphatic rings. The van der Waals surface area contributed by atoms with E-state index in [0.717, 1.165) is 46.0 Å². The number of rotatable bonds is 21. The van der Waals surface area contributed by atoms with Gasteiger partial charge in [-0.2, -0.15) is 0 Å². The van der Waals surface area contributed by atoms with Crippen LogP contribution in [0.2, 0.25) is 0 Å². The Bertz CT molecular complexity index is 3800. The Kier molecular flexibility index (Phi) is 107. The molecule has 0 atom stereocenters. The van der Waals surface area contributed by atoms with Gasteiger partial charge < -0.3 is 47.4 Å². The van der Waals surface area contributed by atoms with Crippen LogP contribution in [-0.4, -0.2) is 131 Å². The number of carbonyl (C=O) groups excluding carboxylic acids is 8. The van der Waals surface area contributed by atoms with Crippen LogP contribution in [0.1, 0.15) is 272 Å². The summed E-state index contributed by atoms with van der Waals surface area (Å²) in [6, 6.07) is 73.6. The van der Waals surface area contributed by atoms with Crippen molar-refractivity contribution in [3.63, 3.8) is 0 Å². The monoisotopic (exact) mass is 1730 g/mol. The summed E-state index contributed by atoms with van der Waals surface area (Å²) in [6.07, 6.45) is 0. The van der Waals surface area contributed by atoms with Crippen LogP contribution in [0, 0.1) is 0 Å². The van der Waals surface area contributed by atoms with Gasteiger partial charge in [-0.15, -0.1) is 0 Å². The maximum atomic E-state index is 10.9. The SMILES string of the molecule is C.C.C.C.C.C.C.C.C.C.C.C.C.C.C.C.C.C.CC(=O)c1ccc(C(C)=O)cc1.CC(=O)c1ccc(C(C)=O)cc1.CC(=O)c1cccc(C(C)=O)c1.COCCOC.COc1ccc(-c2ccc(OC)cc2)cc1.COc1ccc(-c2ccc(OC)cc2)cc1.COc1ccc(C(C)=O)cc1.COc1ccc(C(C)=O)cc1.COc1ccc(OC)cc1. The van der Waals surface area contributed by atoms with Crippen molar-refractivity contribution >= 4 is 46.3 Å². The zero-order valence-electron chi connectivity index (χ0n) is 63.9. The lowest BCUT2D eigenvalue weighted by molar-refractivity contribution is 0.1000. The Morgan fingerprint density at radius 1 is 0.169 bits per heavy atom. The first-order valence-corrected chi connectivity index (χ1v) is 33.1. The average molecular weight is 1730 g/mol. The van der Waals surface area contributed by atoms with Crippen LogP contribution in [0.15, 0.2) is 243 Å². The highest BCUT2D eigenvalue weighted by atomic mass is 16.5. The van der Waals surface area contributed by atoms with Crippen LogP contribution in [0.25, 0.3) is 22.3 Å². The number of carbonyl (C=O) groups is 8. The van der Waals surface area contributed by atoms with E-state index >= 15 is 0 Å². The molecule has 18 nitrogen and oxygen atoms in total. The number of ether oxygens (including phenoxy) is 10. The van der Waals surface area contributed by atoms with E-state index in [-0.39, 0.29) is 180 Å². The Morgan fingerprint density at radius 3 is 0.395 bits per heavy atom. The number of benzene rings is 10. The standard InChI is InChI=1S/2C14H14O2.3C10H10O2.2C9H10O2.C8H10O2.C4H10O2.18CH4/c2*1-15-13-7-3-11(4-8-13)12-5-9-14(16-2)10-6-12;2*1-7(11)9-3-5-10(6-4-9)8(2)12;1-7(11)9-4-3-5-10(6-9)8(2)12;2*1-7(10)8-3-5-9(11-2)6-4-8;1-9-7-3-5-8(10-2)6-4-7;1-5-3-4-6-2;;;;;;;;;;;;;;;;;;/h2*3-10H,1-2H3;3*3-6H,1-2H3;2*3-6H,1-2H3;3-6H,1-2H3;3-4H2,1-2H3;18*1H4. The molecule has 702 valence electrons. The quantitative estimate of drug-likeness (QED) is 0.0481. The second kappa shape index (κ2) is 87.2. The Labute approximate surface area is 756 Å². The first-order valence-electron chi connectivity index (χ1n) is 33.1. The third-order valence-electron chi connectivity index (χ3n) is 14.9. The van der Waals surface area contributed by atoms with Gasteiger partial charge in [0.1, 0.15) is 46.0 Å². The van der Waals surface area contributed by atoms with Crippen molar-refractivity contribution in [2.45, 2.75) is 189 Å². The summed E-state index contributed by atoms with van der Waals surface area (Å²) in [4.78, 5) is 86.8. The van der Waals surface area contributed by atoms with E-state index < -0.39 is 0 Å². The zero-order chi connectivity index (χ0) is 78.9. The molecule has 0 unspecified atom stereocenters. The molecule has 10 rings (SSSR count). The predicted octanol–water partition coefficient (Wildman–Crippen LogP) is 30.2. The second-order valence-corrected chi connectivity index (χ2v) is 22.4. The molecule has 0 radical (unpaired) electrons. The molecule has 10 aromatic carbocycles. The summed E-state index contributed by atoms with van der Waals surface area (Å²) in [5.74, 6) is 6.93. The lowest BCUT2D eigenvalue weighted by Crippen LogP contribution is -1.96. The molecular formula is C106H170O18. The van der Waals surface area contributed by atoms with Crippen LogP contribution in [-0.2, 0) is 9.47 Å². The van der Waals surface area contributed by atoms with Gasteiger partial charge in [0.15, 0.2) is 46.3 Å². The highest BCUT2D eigenvalue weighted by molar-refractivity contribution is 6.00. The van der Waals surface area contributed by atoms with Gasteiger partial charge in [0, 0.05) is 58.7 Å². The van der Waals surface area contributed by atoms with Crippen LogP contribution < -0.4 is 37.9 Å². The molecule has 0 N–H and O–H groups in total. The van der Waals surface area contributed by atoms with Gasteiger partial charge in [0.2, 0.25) is 0 Å². The van der Waals surface area contributed by atoms with Crippen molar-refractivity contribution in [1.29, 1.82) is 0 Å². The van der Waals surface area contributed by atoms with E-state index in [2.05, 4.69) is 9.47 Å². The smallest absolute Gasteiger partial charge is 0.159 e. The lowest BCUT2D eigenvalue weighted by Gasteiger charge is -2.05. The molecule has 0 saturated heterocycles. The Morgan fingerprint density at radius 2 is 0.282 bits per heavy atom. The van der Waals surface area contributed by atoms with Gasteiger partial charge in [-0.3, -0.25) is 38.4 Å². The molecule has 0 aromatic heterocycles. The Balaban J connectivity index is -0.0000000686. The summed E-state index contributed by atoms with van der Waals surface area (Å²) in [5, 5.41) is 0. The van der Waals surface area contributed by atoms with Crippen molar-refractivity contribution < 1.29 is 85.7 Å². The van der Waals surface area contributed by atoms with Gasteiger partial charge >= 0.3 is 0 Å². The molecule has 0 bridgehead atoms. The molecule has 0 fully saturated rings. The molecule has 10 aromatic rings. The Hall–Kier alpha value is -12.1. The van der Waals surface area contributed by atoms with Gasteiger partial charge in [-0.25, -0.2) is 0 Å². The fourth-order valence-corrected chi connectivity index (χ4v) is 8.50. The van der Waals surface area contributed by atoms with Crippen molar-refractivity contribution in [1.82, 2.24) is 0 Å². The molecule has 18 heteroatoms. The lowest BCUT2D eigenvalue weighted by atomic mass is 10.1. The second-order valence-electron chi connectivity index (χ2n) is 22.4. The summed E-state index contributed by atoms with van der Waals surface area (Å²) >= 11 is 0. The largest absolute Gasteiger partial charge is 0.497 e. The summed E-state index contributed by atoms with van der Waals surface area (Å²) in [6.45, 7) is 13.5. The summed E-state index contributed by atoms with van der Waals surface area (Å²) in [7, 11) is 16.5. The molecule has 0 aliphatic carbocycles. The van der Waals surface area contributed by atoms with Crippen molar-refractivity contribution in [2.24, 2.45) is 0 Å². The minimum atomic E-state index is -0.0156. The maximum absolute atomic E-state index is 10.9. The van der Waals surface area contributed by atoms with E-state index in [1.165, 1.54) is 63.8 Å². The average Bonchev–Trinajstić information content (AvgIpc) is 0.855. The van der Waals surface area contributed by atoms with E-state index in [1.54, 1.807) is 206 Å². The fourth-order valence-electron chi connectivity index (χ4n) is 8.50. The van der Waals surface area contributed by atoms with Crippen molar-refractivity contribution in [3.8, 4) is 68.2 Å².